The Morgan fingerprint density at radius 1 is 1.25 bits per heavy atom. The first-order chi connectivity index (χ1) is 5.04. The quantitative estimate of drug-likeness (QED) is 0.635. The van der Waals surface area contributed by atoms with E-state index < -0.39 is 0 Å². The number of hydrogen-bond acceptors (Lipinski definition) is 2. The maximum Gasteiger partial charge on any atom is 0.0733 e. The van der Waals surface area contributed by atoms with Crippen LogP contribution >= 0.6 is 12.4 Å². The summed E-state index contributed by atoms with van der Waals surface area (Å²) in [5, 5.41) is 0. The molecule has 1 atom stereocenters. The summed E-state index contributed by atoms with van der Waals surface area (Å²) >= 11 is 0. The summed E-state index contributed by atoms with van der Waals surface area (Å²) in [7, 11) is 0. The lowest BCUT2D eigenvalue weighted by molar-refractivity contribution is -0.186. The molecule has 0 spiro atoms. The van der Waals surface area contributed by atoms with Gasteiger partial charge in [0, 0.05) is 5.54 Å². The second-order valence-electron chi connectivity index (χ2n) is 4.44. The SMILES string of the molecule is CC1OC2(C)CCC1(N)CC2.Cl. The average Bonchev–Trinajstić information content (AvgIpc) is 1.94. The molecule has 3 heteroatoms. The van der Waals surface area contributed by atoms with Gasteiger partial charge in [-0.15, -0.1) is 12.4 Å². The molecule has 1 unspecified atom stereocenters. The highest BCUT2D eigenvalue weighted by Crippen LogP contribution is 2.45. The topological polar surface area (TPSA) is 35.2 Å². The molecule has 1 saturated carbocycles. The van der Waals surface area contributed by atoms with Crippen molar-refractivity contribution in [1.82, 2.24) is 0 Å². The predicted octanol–water partition coefficient (Wildman–Crippen LogP) is 1.86. The summed E-state index contributed by atoms with van der Waals surface area (Å²) in [6.45, 7) is 4.32. The van der Waals surface area contributed by atoms with Gasteiger partial charge >= 0.3 is 0 Å². The first-order valence-corrected chi connectivity index (χ1v) is 4.51. The maximum atomic E-state index is 6.17. The number of nitrogens with two attached hydrogens (primary N) is 1. The third-order valence-corrected chi connectivity index (χ3v) is 3.51. The van der Waals surface area contributed by atoms with E-state index in [9.17, 15) is 0 Å². The first-order valence-electron chi connectivity index (χ1n) is 4.51. The average molecular weight is 192 g/mol. The van der Waals surface area contributed by atoms with E-state index in [2.05, 4.69) is 13.8 Å². The first kappa shape index (κ1) is 10.3. The smallest absolute Gasteiger partial charge is 0.0733 e. The predicted molar refractivity (Wildman–Crippen MR) is 51.6 cm³/mol. The van der Waals surface area contributed by atoms with Crippen LogP contribution in [0.4, 0.5) is 0 Å². The Morgan fingerprint density at radius 3 is 2.08 bits per heavy atom. The molecule has 1 aliphatic carbocycles. The van der Waals surface area contributed by atoms with Crippen molar-refractivity contribution in [3.8, 4) is 0 Å². The molecule has 2 saturated heterocycles. The van der Waals surface area contributed by atoms with Crippen LogP contribution in [0.2, 0.25) is 0 Å². The van der Waals surface area contributed by atoms with E-state index in [1.807, 2.05) is 0 Å². The third kappa shape index (κ3) is 1.36. The lowest BCUT2D eigenvalue weighted by Crippen LogP contribution is -2.63. The normalized spacial score (nSPS) is 51.8. The molecule has 0 aromatic heterocycles. The molecule has 2 nitrogen and oxygen atoms in total. The van der Waals surface area contributed by atoms with E-state index in [0.29, 0.717) is 0 Å². The van der Waals surface area contributed by atoms with Crippen molar-refractivity contribution in [1.29, 1.82) is 0 Å². The molecule has 2 heterocycles. The molecular formula is C9H18ClNO. The van der Waals surface area contributed by atoms with E-state index in [0.717, 1.165) is 25.7 Å². The van der Waals surface area contributed by atoms with Gasteiger partial charge < -0.3 is 10.5 Å². The summed E-state index contributed by atoms with van der Waals surface area (Å²) in [4.78, 5) is 0. The minimum atomic E-state index is -0.00222. The highest BCUT2D eigenvalue weighted by atomic mass is 35.5. The molecule has 72 valence electrons. The van der Waals surface area contributed by atoms with Gasteiger partial charge in [-0.05, 0) is 39.5 Å². The minimum Gasteiger partial charge on any atom is -0.370 e. The van der Waals surface area contributed by atoms with Crippen molar-refractivity contribution >= 4 is 12.4 Å². The molecule has 2 bridgehead atoms. The Kier molecular flexibility index (Phi) is 2.45. The van der Waals surface area contributed by atoms with Crippen LogP contribution in [-0.4, -0.2) is 17.2 Å². The third-order valence-electron chi connectivity index (χ3n) is 3.51. The molecule has 12 heavy (non-hydrogen) atoms. The highest BCUT2D eigenvalue weighted by molar-refractivity contribution is 5.85. The number of fused-ring (bicyclic) bond motifs is 3. The Morgan fingerprint density at radius 2 is 1.75 bits per heavy atom. The van der Waals surface area contributed by atoms with Crippen molar-refractivity contribution in [3.63, 3.8) is 0 Å². The Hall–Kier alpha value is 0.210. The molecule has 0 amide bonds. The monoisotopic (exact) mass is 191 g/mol. The Labute approximate surface area is 80.3 Å². The van der Waals surface area contributed by atoms with E-state index in [-0.39, 0.29) is 29.7 Å². The highest BCUT2D eigenvalue weighted by Gasteiger charge is 2.49. The summed E-state index contributed by atoms with van der Waals surface area (Å²) in [5.41, 5.74) is 6.32. The van der Waals surface area contributed by atoms with Crippen LogP contribution in [0.3, 0.4) is 0 Å². The molecule has 3 rings (SSSR count). The lowest BCUT2D eigenvalue weighted by atomic mass is 9.69. The van der Waals surface area contributed by atoms with Crippen LogP contribution in [0.5, 0.6) is 0 Å². The molecule has 3 aliphatic rings. The van der Waals surface area contributed by atoms with Crippen molar-refractivity contribution in [2.45, 2.75) is 56.8 Å². The van der Waals surface area contributed by atoms with Gasteiger partial charge in [0.25, 0.3) is 0 Å². The van der Waals surface area contributed by atoms with Crippen LogP contribution in [0.1, 0.15) is 39.5 Å². The van der Waals surface area contributed by atoms with Gasteiger partial charge in [0.2, 0.25) is 0 Å². The van der Waals surface area contributed by atoms with E-state index in [1.165, 1.54) is 0 Å². The van der Waals surface area contributed by atoms with Crippen LogP contribution in [0.25, 0.3) is 0 Å². The van der Waals surface area contributed by atoms with Gasteiger partial charge in [-0.3, -0.25) is 0 Å². The fourth-order valence-corrected chi connectivity index (χ4v) is 2.31. The number of ether oxygens (including phenoxy) is 1. The largest absolute Gasteiger partial charge is 0.370 e. The summed E-state index contributed by atoms with van der Waals surface area (Å²) < 4.78 is 5.85. The van der Waals surface area contributed by atoms with Gasteiger partial charge in [0.05, 0.1) is 11.7 Å². The molecule has 2 aliphatic heterocycles. The molecule has 0 aromatic carbocycles. The van der Waals surface area contributed by atoms with E-state index in [4.69, 9.17) is 10.5 Å². The zero-order valence-corrected chi connectivity index (χ0v) is 8.62. The van der Waals surface area contributed by atoms with E-state index in [1.54, 1.807) is 0 Å². The zero-order chi connectivity index (χ0) is 8.11. The lowest BCUT2D eigenvalue weighted by Gasteiger charge is -2.54. The molecule has 0 radical (unpaired) electrons. The van der Waals surface area contributed by atoms with Gasteiger partial charge in [0.1, 0.15) is 0 Å². The van der Waals surface area contributed by atoms with Crippen molar-refractivity contribution < 1.29 is 4.74 Å². The summed E-state index contributed by atoms with van der Waals surface area (Å²) in [5.74, 6) is 0. The Bertz CT molecular complexity index is 175. The van der Waals surface area contributed by atoms with Crippen LogP contribution in [0.15, 0.2) is 0 Å². The second-order valence-corrected chi connectivity index (χ2v) is 4.44. The van der Waals surface area contributed by atoms with Gasteiger partial charge in [-0.25, -0.2) is 0 Å². The van der Waals surface area contributed by atoms with Gasteiger partial charge in [-0.1, -0.05) is 0 Å². The second kappa shape index (κ2) is 2.86. The van der Waals surface area contributed by atoms with Crippen LogP contribution < -0.4 is 5.73 Å². The van der Waals surface area contributed by atoms with E-state index >= 15 is 0 Å². The van der Waals surface area contributed by atoms with Crippen molar-refractivity contribution in [3.05, 3.63) is 0 Å². The van der Waals surface area contributed by atoms with Crippen molar-refractivity contribution in [2.75, 3.05) is 0 Å². The van der Waals surface area contributed by atoms with Gasteiger partial charge in [-0.2, -0.15) is 0 Å². The fraction of sp³-hybridized carbons (Fsp3) is 1.00. The standard InChI is InChI=1S/C9H17NO.ClH/c1-7-9(10)5-3-8(2,11-7)4-6-9;/h7H,3-6,10H2,1-2H3;1H. The Balaban J connectivity index is 0.000000720. The van der Waals surface area contributed by atoms with Gasteiger partial charge in [0.15, 0.2) is 0 Å². The molecule has 0 aromatic rings. The maximum absolute atomic E-state index is 6.17. The number of hydrogen-bond donors (Lipinski definition) is 1. The minimum absolute atomic E-state index is 0. The fourth-order valence-electron chi connectivity index (χ4n) is 2.31. The van der Waals surface area contributed by atoms with Crippen LogP contribution in [-0.2, 0) is 4.74 Å². The summed E-state index contributed by atoms with van der Waals surface area (Å²) in [6.07, 6.45) is 4.84. The van der Waals surface area contributed by atoms with Crippen LogP contribution in [0, 0.1) is 0 Å². The number of rotatable bonds is 0. The number of halogens is 1. The zero-order valence-electron chi connectivity index (χ0n) is 7.80. The van der Waals surface area contributed by atoms with Crippen molar-refractivity contribution in [2.24, 2.45) is 5.73 Å². The molecule has 3 fully saturated rings. The molecular weight excluding hydrogens is 174 g/mol. The summed E-state index contributed by atoms with van der Waals surface area (Å²) in [6, 6.07) is 0. The molecule has 2 N–H and O–H groups in total.